The molecule has 1 saturated heterocycles. The fraction of sp³-hybridized carbons (Fsp3) is 0.364. The molecule has 0 spiro atoms. The van der Waals surface area contributed by atoms with Gasteiger partial charge in [0.05, 0.1) is 24.4 Å². The van der Waals surface area contributed by atoms with Crippen LogP contribution in [0, 0.1) is 0 Å². The van der Waals surface area contributed by atoms with E-state index in [0.717, 1.165) is 10.8 Å². The van der Waals surface area contributed by atoms with Gasteiger partial charge in [-0.05, 0) is 12.1 Å². The molecule has 1 atom stereocenters. The zero-order valence-electron chi connectivity index (χ0n) is 12.7. The Morgan fingerprint density at radius 3 is 3.04 bits per heavy atom. The van der Waals surface area contributed by atoms with Crippen LogP contribution in [0.15, 0.2) is 18.3 Å². The Balaban J connectivity index is 0.00000208. The van der Waals surface area contributed by atoms with E-state index in [2.05, 4.69) is 14.5 Å². The molecule has 3 amide bonds. The Labute approximate surface area is 162 Å². The summed E-state index contributed by atoms with van der Waals surface area (Å²) in [6, 6.07) is 1.00. The molecule has 1 aromatic heterocycles. The molecule has 1 fully saturated rings. The molecule has 3 N–H and O–H groups in total. The molecule has 0 aromatic carbocycles. The smallest absolute Gasteiger partial charge is 0.369 e. The van der Waals surface area contributed by atoms with E-state index in [1.54, 1.807) is 21.8 Å². The summed E-state index contributed by atoms with van der Waals surface area (Å²) in [5, 5.41) is 16.8. The van der Waals surface area contributed by atoms with Crippen molar-refractivity contribution in [3.8, 4) is 0 Å². The van der Waals surface area contributed by atoms with Gasteiger partial charge in [-0.2, -0.15) is 14.4 Å². The van der Waals surface area contributed by atoms with E-state index >= 15 is 0 Å². The number of nitrogens with two attached hydrogens (primary N) is 1. The van der Waals surface area contributed by atoms with Crippen LogP contribution in [0.4, 0.5) is 4.79 Å². The molecule has 13 heteroatoms. The quantitative estimate of drug-likeness (QED) is 0.169. The maximum atomic E-state index is 12.1. The molecule has 0 aliphatic carbocycles. The number of amides is 3. The average Bonchev–Trinajstić information content (AvgIpc) is 3.05. The standard InChI is InChI=1S/C11H13N5O6S.Na/c12-10(17)3-7-1-2-15(13-7)8-4-9-6-14(5-8)11(18)16(9)20-23-22-21-19;/h1-2,4,9,19H,3,5-6H2,(H2,12,17);/q;+1. The molecular weight excluding hydrogens is 353 g/mol. The van der Waals surface area contributed by atoms with Gasteiger partial charge in [-0.3, -0.25) is 4.79 Å². The van der Waals surface area contributed by atoms with E-state index in [4.69, 9.17) is 15.3 Å². The molecule has 2 aliphatic heterocycles. The predicted molar refractivity (Wildman–Crippen MR) is 75.5 cm³/mol. The van der Waals surface area contributed by atoms with E-state index in [1.807, 2.05) is 6.08 Å². The van der Waals surface area contributed by atoms with E-state index < -0.39 is 5.91 Å². The molecule has 0 saturated carbocycles. The third kappa shape index (κ3) is 4.10. The van der Waals surface area contributed by atoms with Crippen LogP contribution in [0.3, 0.4) is 0 Å². The summed E-state index contributed by atoms with van der Waals surface area (Å²) < 4.78 is 10.7. The number of fused-ring (bicyclic) bond motifs is 2. The number of carbonyl (C=O) groups is 2. The van der Waals surface area contributed by atoms with Crippen molar-refractivity contribution in [3.05, 3.63) is 24.0 Å². The average molecular weight is 366 g/mol. The number of hydrogen-bond acceptors (Lipinski definition) is 8. The number of rotatable bonds is 7. The van der Waals surface area contributed by atoms with Crippen LogP contribution in [0.25, 0.3) is 5.70 Å². The van der Waals surface area contributed by atoms with Crippen LogP contribution in [0.5, 0.6) is 0 Å². The Morgan fingerprint density at radius 1 is 1.54 bits per heavy atom. The summed E-state index contributed by atoms with van der Waals surface area (Å²) in [5.41, 5.74) is 6.45. The fourth-order valence-electron chi connectivity index (χ4n) is 2.47. The first-order valence-electron chi connectivity index (χ1n) is 6.52. The molecule has 1 unspecified atom stereocenters. The van der Waals surface area contributed by atoms with E-state index in [0.29, 0.717) is 31.1 Å². The van der Waals surface area contributed by atoms with Crippen molar-refractivity contribution in [2.75, 3.05) is 13.1 Å². The SMILES string of the molecule is NC(=O)Cc1ccn(C2=CC3CN(C2)C(=O)N3OSOOO)n1.[Na+]. The molecule has 124 valence electrons. The minimum Gasteiger partial charge on any atom is -0.369 e. The number of aromatic nitrogens is 2. The number of urea groups is 1. The van der Waals surface area contributed by atoms with Crippen molar-refractivity contribution in [2.45, 2.75) is 12.5 Å². The number of hydroxylamine groups is 2. The van der Waals surface area contributed by atoms with Crippen molar-refractivity contribution in [3.63, 3.8) is 0 Å². The summed E-state index contributed by atoms with van der Waals surface area (Å²) in [4.78, 5) is 24.6. The van der Waals surface area contributed by atoms with Gasteiger partial charge in [0.25, 0.3) is 0 Å². The Bertz CT molecular complexity index is 655. The Kier molecular flexibility index (Phi) is 6.65. The van der Waals surface area contributed by atoms with Crippen LogP contribution in [0.2, 0.25) is 0 Å². The van der Waals surface area contributed by atoms with Crippen molar-refractivity contribution in [2.24, 2.45) is 5.73 Å². The van der Waals surface area contributed by atoms with Crippen LogP contribution >= 0.6 is 12.3 Å². The summed E-state index contributed by atoms with van der Waals surface area (Å²) >= 11 is 0.314. The first kappa shape index (κ1) is 19.2. The molecule has 11 nitrogen and oxygen atoms in total. The second-order valence-corrected chi connectivity index (χ2v) is 5.32. The predicted octanol–water partition coefficient (Wildman–Crippen LogP) is -3.21. The van der Waals surface area contributed by atoms with Gasteiger partial charge in [0, 0.05) is 12.7 Å². The monoisotopic (exact) mass is 366 g/mol. The molecule has 24 heavy (non-hydrogen) atoms. The summed E-state index contributed by atoms with van der Waals surface area (Å²) in [6.45, 7) is 0.799. The number of carbonyl (C=O) groups excluding carboxylic acids is 2. The molecular formula is C11H13N5NaO6S+. The minimum absolute atomic E-state index is 0. The van der Waals surface area contributed by atoms with E-state index in [-0.39, 0.29) is 48.1 Å². The van der Waals surface area contributed by atoms with Crippen LogP contribution in [0.1, 0.15) is 5.69 Å². The van der Waals surface area contributed by atoms with Gasteiger partial charge in [-0.1, -0.05) is 5.04 Å². The van der Waals surface area contributed by atoms with Gasteiger partial charge in [0.1, 0.15) is 6.04 Å². The van der Waals surface area contributed by atoms with Crippen molar-refractivity contribution in [1.29, 1.82) is 0 Å². The maximum absolute atomic E-state index is 12.1. The van der Waals surface area contributed by atoms with Gasteiger partial charge < -0.3 is 10.6 Å². The molecule has 0 radical (unpaired) electrons. The Morgan fingerprint density at radius 2 is 2.33 bits per heavy atom. The van der Waals surface area contributed by atoms with Crippen LogP contribution in [-0.2, 0) is 24.9 Å². The zero-order chi connectivity index (χ0) is 16.4. The first-order chi connectivity index (χ1) is 11.1. The van der Waals surface area contributed by atoms with Crippen LogP contribution < -0.4 is 35.3 Å². The topological polar surface area (TPSA) is 132 Å². The van der Waals surface area contributed by atoms with Gasteiger partial charge >= 0.3 is 35.6 Å². The maximum Gasteiger partial charge on any atom is 1.00 e. The number of nitrogens with zero attached hydrogens (tertiary/aromatic N) is 4. The first-order valence-corrected chi connectivity index (χ1v) is 7.18. The largest absolute Gasteiger partial charge is 1.00 e. The Hall–Kier alpha value is -1.12. The second kappa shape index (κ2) is 8.31. The molecule has 2 aliphatic rings. The van der Waals surface area contributed by atoms with Gasteiger partial charge in [-0.25, -0.2) is 14.7 Å². The van der Waals surface area contributed by atoms with Gasteiger partial charge in [0.15, 0.2) is 0 Å². The third-order valence-corrected chi connectivity index (χ3v) is 3.71. The third-order valence-electron chi connectivity index (χ3n) is 3.37. The molecule has 3 rings (SSSR count). The number of primary amides is 1. The molecule has 1 aromatic rings. The normalized spacial score (nSPS) is 19.3. The van der Waals surface area contributed by atoms with E-state index in [9.17, 15) is 9.59 Å². The second-order valence-electron chi connectivity index (χ2n) is 4.89. The van der Waals surface area contributed by atoms with Crippen molar-refractivity contribution >= 4 is 30.0 Å². The van der Waals surface area contributed by atoms with Gasteiger partial charge in [-0.15, -0.1) is 4.33 Å². The summed E-state index contributed by atoms with van der Waals surface area (Å²) in [7, 11) is 0. The molecule has 2 bridgehead atoms. The minimum atomic E-state index is -0.463. The fourth-order valence-corrected chi connectivity index (χ4v) is 2.76. The van der Waals surface area contributed by atoms with E-state index in [1.165, 1.54) is 0 Å². The summed E-state index contributed by atoms with van der Waals surface area (Å²) in [5.74, 6) is -0.463. The van der Waals surface area contributed by atoms with Gasteiger partial charge in [0.2, 0.25) is 18.2 Å². The molecule has 3 heterocycles. The van der Waals surface area contributed by atoms with Crippen LogP contribution in [-0.4, -0.2) is 56.1 Å². The summed E-state index contributed by atoms with van der Waals surface area (Å²) in [6.07, 6.45) is 3.57. The van der Waals surface area contributed by atoms with Crippen molar-refractivity contribution < 1.29 is 58.1 Å². The van der Waals surface area contributed by atoms with Crippen molar-refractivity contribution in [1.82, 2.24) is 19.7 Å². The zero-order valence-corrected chi connectivity index (χ0v) is 15.5. The number of hydrogen-bond donors (Lipinski definition) is 2.